The number of benzene rings is 1. The van der Waals surface area contributed by atoms with Gasteiger partial charge in [0.1, 0.15) is 18.1 Å². The van der Waals surface area contributed by atoms with Gasteiger partial charge in [-0.25, -0.2) is 9.67 Å². The second-order valence-electron chi connectivity index (χ2n) is 9.00. The van der Waals surface area contributed by atoms with Crippen LogP contribution in [0.3, 0.4) is 0 Å². The molecule has 1 fully saturated rings. The number of aromatic nitrogens is 5. The highest BCUT2D eigenvalue weighted by atomic mass is 16.5. The Morgan fingerprint density at radius 2 is 1.80 bits per heavy atom. The molecule has 1 saturated heterocycles. The molecule has 0 saturated carbocycles. The molecular formula is C23H32N6O. The number of aromatic amines is 1. The average Bonchev–Trinajstić information content (AvgIpc) is 3.39. The van der Waals surface area contributed by atoms with E-state index in [1.165, 1.54) is 32.4 Å². The third-order valence-corrected chi connectivity index (χ3v) is 5.52. The Hall–Kier alpha value is -2.67. The van der Waals surface area contributed by atoms with Crippen LogP contribution >= 0.6 is 0 Å². The number of H-pyrrole nitrogens is 1. The summed E-state index contributed by atoms with van der Waals surface area (Å²) in [6.07, 6.45) is 3.91. The molecule has 30 heavy (non-hydrogen) atoms. The lowest BCUT2D eigenvalue weighted by Gasteiger charge is -2.26. The van der Waals surface area contributed by atoms with Gasteiger partial charge < -0.3 is 9.64 Å². The summed E-state index contributed by atoms with van der Waals surface area (Å²) in [5.74, 6) is 2.29. The second kappa shape index (κ2) is 9.00. The van der Waals surface area contributed by atoms with Gasteiger partial charge in [-0.15, -0.1) is 0 Å². The number of hydrogen-bond donors (Lipinski definition) is 1. The lowest BCUT2D eigenvalue weighted by atomic mass is 9.92. The van der Waals surface area contributed by atoms with E-state index in [0.717, 1.165) is 36.1 Å². The zero-order chi connectivity index (χ0) is 21.0. The van der Waals surface area contributed by atoms with Crippen LogP contribution in [-0.2, 0) is 18.6 Å². The fourth-order valence-corrected chi connectivity index (χ4v) is 3.70. The van der Waals surface area contributed by atoms with Crippen molar-refractivity contribution in [2.45, 2.75) is 58.6 Å². The third kappa shape index (κ3) is 5.08. The molecular weight excluding hydrogens is 376 g/mol. The van der Waals surface area contributed by atoms with E-state index in [1.807, 2.05) is 35.0 Å². The van der Waals surface area contributed by atoms with Crippen LogP contribution in [0.5, 0.6) is 5.75 Å². The Kier molecular flexibility index (Phi) is 6.18. The predicted octanol–water partition coefficient (Wildman–Crippen LogP) is 4.03. The quantitative estimate of drug-likeness (QED) is 0.639. The maximum Gasteiger partial charge on any atom is 0.188 e. The van der Waals surface area contributed by atoms with Crippen LogP contribution < -0.4 is 4.74 Å². The minimum atomic E-state index is 0.00313. The summed E-state index contributed by atoms with van der Waals surface area (Å²) in [7, 11) is 0. The maximum absolute atomic E-state index is 5.87. The molecule has 0 bridgehead atoms. The summed E-state index contributed by atoms with van der Waals surface area (Å²) in [6, 6.07) is 11.9. The van der Waals surface area contributed by atoms with Crippen molar-refractivity contribution < 1.29 is 4.74 Å². The van der Waals surface area contributed by atoms with E-state index in [2.05, 4.69) is 41.9 Å². The van der Waals surface area contributed by atoms with E-state index in [4.69, 9.17) is 14.8 Å². The van der Waals surface area contributed by atoms with Crippen LogP contribution in [0.4, 0.5) is 0 Å². The van der Waals surface area contributed by atoms with Crippen LogP contribution in [0, 0.1) is 0 Å². The highest BCUT2D eigenvalue weighted by molar-refractivity contribution is 5.50. The Morgan fingerprint density at radius 3 is 2.50 bits per heavy atom. The first-order chi connectivity index (χ1) is 14.5. The van der Waals surface area contributed by atoms with Crippen LogP contribution in [0.15, 0.2) is 36.4 Å². The number of nitrogens with one attached hydrogen (secondary N) is 1. The molecule has 0 radical (unpaired) electrons. The second-order valence-corrected chi connectivity index (χ2v) is 9.00. The van der Waals surface area contributed by atoms with E-state index < -0.39 is 0 Å². The lowest BCUT2D eigenvalue weighted by Crippen LogP contribution is -2.32. The van der Waals surface area contributed by atoms with Crippen molar-refractivity contribution in [1.29, 1.82) is 0 Å². The van der Waals surface area contributed by atoms with Crippen LogP contribution in [0.1, 0.15) is 51.6 Å². The third-order valence-electron chi connectivity index (χ3n) is 5.52. The van der Waals surface area contributed by atoms with Gasteiger partial charge in [0.15, 0.2) is 11.6 Å². The first-order valence-electron chi connectivity index (χ1n) is 10.9. The molecule has 0 amide bonds. The van der Waals surface area contributed by atoms with E-state index in [9.17, 15) is 0 Å². The van der Waals surface area contributed by atoms with Crippen LogP contribution in [0.25, 0.3) is 11.5 Å². The monoisotopic (exact) mass is 408 g/mol. The Bertz CT molecular complexity index is 934. The zero-order valence-electron chi connectivity index (χ0n) is 18.3. The molecule has 0 aliphatic carbocycles. The van der Waals surface area contributed by atoms with Gasteiger partial charge in [-0.3, -0.25) is 5.10 Å². The molecule has 160 valence electrons. The van der Waals surface area contributed by atoms with Gasteiger partial charge in [0.2, 0.25) is 0 Å². The molecule has 3 aromatic rings. The Morgan fingerprint density at radius 1 is 1.03 bits per heavy atom. The van der Waals surface area contributed by atoms with E-state index in [0.29, 0.717) is 12.4 Å². The summed E-state index contributed by atoms with van der Waals surface area (Å²) in [5, 5.41) is 12.5. The zero-order valence-corrected chi connectivity index (χ0v) is 18.3. The van der Waals surface area contributed by atoms with Crippen molar-refractivity contribution in [2.75, 3.05) is 19.6 Å². The van der Waals surface area contributed by atoms with Gasteiger partial charge in [0.25, 0.3) is 0 Å². The molecule has 0 atom stereocenters. The molecule has 3 heterocycles. The molecule has 1 aliphatic heterocycles. The van der Waals surface area contributed by atoms with Crippen LogP contribution in [-0.4, -0.2) is 49.5 Å². The van der Waals surface area contributed by atoms with Gasteiger partial charge in [0.05, 0.1) is 6.54 Å². The molecule has 4 rings (SSSR count). The van der Waals surface area contributed by atoms with E-state index >= 15 is 0 Å². The number of likely N-dealkylation sites (tertiary alicyclic amines) is 1. The highest BCUT2D eigenvalue weighted by Gasteiger charge is 2.21. The molecule has 0 spiro atoms. The topological polar surface area (TPSA) is 71.9 Å². The van der Waals surface area contributed by atoms with Crippen molar-refractivity contribution >= 4 is 0 Å². The molecule has 7 nitrogen and oxygen atoms in total. The molecule has 1 aliphatic rings. The van der Waals surface area contributed by atoms with Crippen molar-refractivity contribution in [3.05, 3.63) is 47.9 Å². The van der Waals surface area contributed by atoms with Crippen molar-refractivity contribution in [3.63, 3.8) is 0 Å². The van der Waals surface area contributed by atoms with Crippen molar-refractivity contribution in [3.8, 4) is 17.3 Å². The van der Waals surface area contributed by atoms with Gasteiger partial charge in [-0.05, 0) is 44.1 Å². The van der Waals surface area contributed by atoms with Crippen molar-refractivity contribution in [1.82, 2.24) is 29.9 Å². The largest absolute Gasteiger partial charge is 0.486 e. The Labute approximate surface area is 178 Å². The molecule has 7 heteroatoms. The van der Waals surface area contributed by atoms with Gasteiger partial charge in [-0.2, -0.15) is 10.2 Å². The van der Waals surface area contributed by atoms with E-state index in [-0.39, 0.29) is 5.41 Å². The first kappa shape index (κ1) is 20.6. The van der Waals surface area contributed by atoms with Crippen LogP contribution in [0.2, 0.25) is 0 Å². The number of hydrogen-bond acceptors (Lipinski definition) is 5. The normalized spacial score (nSPS) is 15.4. The molecule has 1 aromatic carbocycles. The molecule has 1 N–H and O–H groups in total. The van der Waals surface area contributed by atoms with Gasteiger partial charge in [0, 0.05) is 17.7 Å². The smallest absolute Gasteiger partial charge is 0.188 e. The number of piperidine rings is 1. The maximum atomic E-state index is 5.87. The minimum Gasteiger partial charge on any atom is -0.486 e. The predicted molar refractivity (Wildman–Crippen MR) is 117 cm³/mol. The summed E-state index contributed by atoms with van der Waals surface area (Å²) in [4.78, 5) is 7.29. The number of ether oxygens (including phenoxy) is 1. The fraction of sp³-hybridized carbons (Fsp3) is 0.522. The summed E-state index contributed by atoms with van der Waals surface area (Å²) < 4.78 is 7.86. The molecule has 2 aromatic heterocycles. The lowest BCUT2D eigenvalue weighted by molar-refractivity contribution is 0.217. The minimum absolute atomic E-state index is 0.00313. The van der Waals surface area contributed by atoms with Gasteiger partial charge >= 0.3 is 0 Å². The Balaban J connectivity index is 1.53. The van der Waals surface area contributed by atoms with E-state index in [1.54, 1.807) is 0 Å². The standard InChI is InChI=1S/C23H32N6O/c1-23(2,3)20-16-19(25-26-20)22-24-21(17-30-18-10-6-4-7-11-18)27-29(22)15-14-28-12-8-5-9-13-28/h4,6-7,10-11,16H,5,8-9,12-15,17H2,1-3H3,(H,25,26). The number of rotatable bonds is 7. The summed E-state index contributed by atoms with van der Waals surface area (Å²) in [6.45, 7) is 11.0. The summed E-state index contributed by atoms with van der Waals surface area (Å²) >= 11 is 0. The number of nitrogens with zero attached hydrogens (tertiary/aromatic N) is 5. The molecule has 0 unspecified atom stereocenters. The average molecular weight is 409 g/mol. The first-order valence-corrected chi connectivity index (χ1v) is 10.9. The van der Waals surface area contributed by atoms with Gasteiger partial charge in [-0.1, -0.05) is 45.4 Å². The SMILES string of the molecule is CC(C)(C)c1cc(-c2nc(COc3ccccc3)nn2CCN2CCCCC2)n[nH]1. The van der Waals surface area contributed by atoms with Crippen molar-refractivity contribution in [2.24, 2.45) is 0 Å². The summed E-state index contributed by atoms with van der Waals surface area (Å²) in [5.41, 5.74) is 1.92. The highest BCUT2D eigenvalue weighted by Crippen LogP contribution is 2.25. The fourth-order valence-electron chi connectivity index (χ4n) is 3.70. The number of para-hydroxylation sites is 1.